The van der Waals surface area contributed by atoms with Crippen LogP contribution in [0, 0.1) is 6.92 Å². The van der Waals surface area contributed by atoms with E-state index in [9.17, 15) is 4.57 Å². The molecule has 1 nitrogen and oxygen atoms in total. The number of hydrogen-bond acceptors (Lipinski definition) is 1. The molecule has 0 saturated carbocycles. The highest BCUT2D eigenvalue weighted by Crippen LogP contribution is 2.65. The zero-order valence-corrected chi connectivity index (χ0v) is 17.1. The third kappa shape index (κ3) is 2.82. The molecule has 0 radical (unpaired) electrons. The Labute approximate surface area is 171 Å². The van der Waals surface area contributed by atoms with Crippen LogP contribution in [0.25, 0.3) is 10.9 Å². The fourth-order valence-electron chi connectivity index (χ4n) is 4.21. The van der Waals surface area contributed by atoms with Gasteiger partial charge in [0.2, 0.25) is 0 Å². The minimum atomic E-state index is -3.00. The number of fused-ring (bicyclic) bond motifs is 1. The van der Waals surface area contributed by atoms with Crippen molar-refractivity contribution in [2.75, 3.05) is 0 Å². The topological polar surface area (TPSA) is 17.1 Å². The van der Waals surface area contributed by atoms with Crippen LogP contribution in [-0.4, -0.2) is 0 Å². The van der Waals surface area contributed by atoms with Crippen LogP contribution in [0.3, 0.4) is 0 Å². The average molecular weight is 392 g/mol. The van der Waals surface area contributed by atoms with E-state index in [2.05, 4.69) is 49.4 Å². The van der Waals surface area contributed by atoms with E-state index in [4.69, 9.17) is 0 Å². The Kier molecular flexibility index (Phi) is 4.34. The molecule has 1 unspecified atom stereocenters. The second kappa shape index (κ2) is 7.03. The van der Waals surface area contributed by atoms with E-state index < -0.39 is 7.14 Å². The zero-order valence-electron chi connectivity index (χ0n) is 16.2. The number of rotatable bonds is 3. The van der Waals surface area contributed by atoms with Gasteiger partial charge in [0.25, 0.3) is 0 Å². The first-order chi connectivity index (χ1) is 14.2. The Bertz CT molecular complexity index is 1250. The first-order valence-corrected chi connectivity index (χ1v) is 11.5. The third-order valence-corrected chi connectivity index (χ3v) is 8.78. The molecule has 0 aromatic heterocycles. The molecule has 4 aromatic carbocycles. The predicted octanol–water partition coefficient (Wildman–Crippen LogP) is 6.24. The summed E-state index contributed by atoms with van der Waals surface area (Å²) in [6, 6.07) is 36.9. The van der Waals surface area contributed by atoms with Crippen molar-refractivity contribution < 1.29 is 4.57 Å². The molecule has 29 heavy (non-hydrogen) atoms. The van der Waals surface area contributed by atoms with E-state index in [0.717, 1.165) is 38.2 Å². The van der Waals surface area contributed by atoms with Gasteiger partial charge in [-0.3, -0.25) is 0 Å². The lowest BCUT2D eigenvalue weighted by Gasteiger charge is -2.19. The maximum atomic E-state index is 15.0. The summed E-state index contributed by atoms with van der Waals surface area (Å²) in [5, 5.41) is 2.76. The van der Waals surface area contributed by atoms with Gasteiger partial charge in [0.15, 0.2) is 7.14 Å². The van der Waals surface area contributed by atoms with Crippen LogP contribution in [0.15, 0.2) is 109 Å². The Hall–Kier alpha value is -3.15. The van der Waals surface area contributed by atoms with Gasteiger partial charge < -0.3 is 4.57 Å². The fraction of sp³-hybridized carbons (Fsp3) is 0.0370. The molecular weight excluding hydrogens is 371 g/mol. The Morgan fingerprint density at radius 3 is 1.86 bits per heavy atom. The highest BCUT2D eigenvalue weighted by Gasteiger charge is 2.43. The average Bonchev–Trinajstić information content (AvgIpc) is 3.06. The molecule has 1 aliphatic heterocycles. The SMILES string of the molecule is Cc1ccc(C2=C(c3ccccc3)c3ccccc3P2(=O)c2ccccc2)cc1. The lowest BCUT2D eigenvalue weighted by atomic mass is 9.95. The lowest BCUT2D eigenvalue weighted by molar-refractivity contribution is 0.593. The number of aryl methyl sites for hydroxylation is 1. The highest BCUT2D eigenvalue weighted by molar-refractivity contribution is 7.88. The first-order valence-electron chi connectivity index (χ1n) is 9.82. The predicted molar refractivity (Wildman–Crippen MR) is 123 cm³/mol. The number of hydrogen-bond donors (Lipinski definition) is 0. The molecule has 1 heterocycles. The second-order valence-electron chi connectivity index (χ2n) is 7.42. The standard InChI is InChI=1S/C27H21OP/c1-20-16-18-22(19-17-20)27-26(21-10-4-2-5-11-21)24-14-8-9-15-25(24)29(27,28)23-12-6-3-7-13-23/h2-19H,1H3. The van der Waals surface area contributed by atoms with E-state index in [1.165, 1.54) is 5.56 Å². The molecule has 4 aromatic rings. The summed E-state index contributed by atoms with van der Waals surface area (Å²) in [4.78, 5) is 0. The molecule has 1 aliphatic rings. The smallest absolute Gasteiger partial charge is 0.172 e. The first kappa shape index (κ1) is 17.9. The van der Waals surface area contributed by atoms with E-state index in [0.29, 0.717) is 0 Å². The van der Waals surface area contributed by atoms with E-state index in [1.54, 1.807) is 0 Å². The maximum Gasteiger partial charge on any atom is 0.172 e. The molecule has 2 heteroatoms. The van der Waals surface area contributed by atoms with Crippen molar-refractivity contribution in [1.29, 1.82) is 0 Å². The van der Waals surface area contributed by atoms with Crippen LogP contribution in [0.4, 0.5) is 0 Å². The monoisotopic (exact) mass is 392 g/mol. The van der Waals surface area contributed by atoms with Gasteiger partial charge in [-0.1, -0.05) is 115 Å². The van der Waals surface area contributed by atoms with Gasteiger partial charge in [-0.15, -0.1) is 0 Å². The van der Waals surface area contributed by atoms with Crippen molar-refractivity contribution in [2.24, 2.45) is 0 Å². The minimum absolute atomic E-state index is 0.883. The van der Waals surface area contributed by atoms with Crippen molar-refractivity contribution >= 4 is 28.6 Å². The van der Waals surface area contributed by atoms with Crippen LogP contribution >= 0.6 is 7.14 Å². The Morgan fingerprint density at radius 2 is 1.17 bits per heavy atom. The van der Waals surface area contributed by atoms with Crippen molar-refractivity contribution in [3.63, 3.8) is 0 Å². The van der Waals surface area contributed by atoms with Gasteiger partial charge in [-0.2, -0.15) is 0 Å². The van der Waals surface area contributed by atoms with E-state index in [-0.39, 0.29) is 0 Å². The van der Waals surface area contributed by atoms with Crippen molar-refractivity contribution in [3.8, 4) is 0 Å². The molecule has 0 N–H and O–H groups in total. The van der Waals surface area contributed by atoms with E-state index >= 15 is 0 Å². The lowest BCUT2D eigenvalue weighted by Crippen LogP contribution is -2.15. The third-order valence-electron chi connectivity index (χ3n) is 5.57. The largest absolute Gasteiger partial charge is 0.309 e. The second-order valence-corrected chi connectivity index (χ2v) is 10.1. The summed E-state index contributed by atoms with van der Waals surface area (Å²) in [6.07, 6.45) is 0. The molecule has 0 saturated heterocycles. The maximum absolute atomic E-state index is 15.0. The minimum Gasteiger partial charge on any atom is -0.309 e. The van der Waals surface area contributed by atoms with Gasteiger partial charge >= 0.3 is 0 Å². The molecule has 0 spiro atoms. The van der Waals surface area contributed by atoms with Crippen molar-refractivity contribution in [1.82, 2.24) is 0 Å². The van der Waals surface area contributed by atoms with Crippen LogP contribution in [0.5, 0.6) is 0 Å². The summed E-state index contributed by atoms with van der Waals surface area (Å²) in [5.74, 6) is 0. The van der Waals surface area contributed by atoms with Gasteiger partial charge in [-0.25, -0.2) is 0 Å². The Balaban J connectivity index is 1.92. The number of benzene rings is 4. The molecule has 0 amide bonds. The van der Waals surface area contributed by atoms with E-state index in [1.807, 2.05) is 66.7 Å². The Morgan fingerprint density at radius 1 is 0.586 bits per heavy atom. The van der Waals surface area contributed by atoms with Crippen LogP contribution < -0.4 is 10.6 Å². The van der Waals surface area contributed by atoms with Crippen molar-refractivity contribution in [3.05, 3.63) is 131 Å². The highest BCUT2D eigenvalue weighted by atomic mass is 31.2. The summed E-state index contributed by atoms with van der Waals surface area (Å²) >= 11 is 0. The molecule has 1 atom stereocenters. The molecule has 0 fully saturated rings. The molecule has 0 bridgehead atoms. The molecular formula is C27H21OP. The summed E-state index contributed by atoms with van der Waals surface area (Å²) in [7, 11) is -3.00. The summed E-state index contributed by atoms with van der Waals surface area (Å²) < 4.78 is 15.0. The quantitative estimate of drug-likeness (QED) is 0.377. The van der Waals surface area contributed by atoms with Crippen LogP contribution in [-0.2, 0) is 4.57 Å². The summed E-state index contributed by atoms with van der Waals surface area (Å²) in [5.41, 5.74) is 5.47. The van der Waals surface area contributed by atoms with Crippen LogP contribution in [0.1, 0.15) is 22.3 Å². The van der Waals surface area contributed by atoms with Crippen molar-refractivity contribution in [2.45, 2.75) is 6.92 Å². The molecule has 0 aliphatic carbocycles. The van der Waals surface area contributed by atoms with Gasteiger partial charge in [-0.05, 0) is 23.6 Å². The normalized spacial score (nSPS) is 18.0. The summed E-state index contributed by atoms with van der Waals surface area (Å²) in [6.45, 7) is 2.08. The zero-order chi connectivity index (χ0) is 19.8. The molecule has 5 rings (SSSR count). The fourth-order valence-corrected chi connectivity index (χ4v) is 7.47. The molecule has 140 valence electrons. The van der Waals surface area contributed by atoms with Gasteiger partial charge in [0, 0.05) is 21.5 Å². The van der Waals surface area contributed by atoms with Crippen LogP contribution in [0.2, 0.25) is 0 Å². The van der Waals surface area contributed by atoms with Gasteiger partial charge in [0.1, 0.15) is 0 Å². The van der Waals surface area contributed by atoms with Gasteiger partial charge in [0.05, 0.1) is 0 Å².